The molecule has 6 nitrogen and oxygen atoms in total. The Morgan fingerprint density at radius 2 is 2.06 bits per heavy atom. The first kappa shape index (κ1) is 12.5. The molecule has 0 aromatic heterocycles. The van der Waals surface area contributed by atoms with Gasteiger partial charge in [-0.15, -0.1) is 0 Å². The van der Waals surface area contributed by atoms with Crippen molar-refractivity contribution in [2.24, 2.45) is 11.7 Å². The number of carbonyl (C=O) groups excluding carboxylic acids is 3. The number of esters is 1. The van der Waals surface area contributed by atoms with Crippen molar-refractivity contribution in [3.63, 3.8) is 0 Å². The molecule has 1 atom stereocenters. The monoisotopic (exact) mass is 228 g/mol. The molecule has 0 aliphatic heterocycles. The van der Waals surface area contributed by atoms with E-state index in [0.29, 0.717) is 0 Å². The van der Waals surface area contributed by atoms with Crippen LogP contribution in [0.2, 0.25) is 0 Å². The van der Waals surface area contributed by atoms with Gasteiger partial charge in [-0.1, -0.05) is 0 Å². The van der Waals surface area contributed by atoms with E-state index in [1.807, 2.05) is 0 Å². The maximum absolute atomic E-state index is 11.4. The summed E-state index contributed by atoms with van der Waals surface area (Å²) in [5.74, 6) is -1.50. The molecule has 0 aromatic rings. The first-order valence-electron chi connectivity index (χ1n) is 5.30. The Kier molecular flexibility index (Phi) is 4.28. The topological polar surface area (TPSA) is 98.5 Å². The molecule has 0 unspecified atom stereocenters. The first-order chi connectivity index (χ1) is 7.54. The molecule has 1 saturated carbocycles. The molecular formula is C10H16N2O4. The number of rotatable bonds is 6. The third kappa shape index (κ3) is 3.88. The average Bonchev–Trinajstić information content (AvgIpc) is 2.99. The normalized spacial score (nSPS) is 16.3. The van der Waals surface area contributed by atoms with Crippen LogP contribution < -0.4 is 11.1 Å². The lowest BCUT2D eigenvalue weighted by atomic mass is 10.2. The maximum atomic E-state index is 11.4. The zero-order valence-electron chi connectivity index (χ0n) is 9.19. The van der Waals surface area contributed by atoms with Crippen molar-refractivity contribution in [2.75, 3.05) is 6.61 Å². The van der Waals surface area contributed by atoms with E-state index in [2.05, 4.69) is 10.1 Å². The summed E-state index contributed by atoms with van der Waals surface area (Å²) in [6.45, 7) is 1.90. The fourth-order valence-electron chi connectivity index (χ4n) is 1.24. The average molecular weight is 228 g/mol. The van der Waals surface area contributed by atoms with E-state index in [-0.39, 0.29) is 24.9 Å². The molecule has 2 amide bonds. The van der Waals surface area contributed by atoms with E-state index in [0.717, 1.165) is 12.8 Å². The van der Waals surface area contributed by atoms with Crippen molar-refractivity contribution >= 4 is 17.8 Å². The summed E-state index contributed by atoms with van der Waals surface area (Å²) in [6.07, 6.45) is 1.45. The largest absolute Gasteiger partial charge is 0.466 e. The van der Waals surface area contributed by atoms with Crippen molar-refractivity contribution in [2.45, 2.75) is 32.2 Å². The zero-order chi connectivity index (χ0) is 12.1. The molecule has 0 radical (unpaired) electrons. The molecule has 0 bridgehead atoms. The van der Waals surface area contributed by atoms with Crippen LogP contribution >= 0.6 is 0 Å². The van der Waals surface area contributed by atoms with Crippen molar-refractivity contribution in [1.29, 1.82) is 0 Å². The molecule has 0 spiro atoms. The predicted molar refractivity (Wildman–Crippen MR) is 55.1 cm³/mol. The van der Waals surface area contributed by atoms with Crippen LogP contribution in [-0.2, 0) is 19.1 Å². The number of carbonyl (C=O) groups is 3. The lowest BCUT2D eigenvalue weighted by Crippen LogP contribution is -2.46. The number of amides is 2. The number of ether oxygens (including phenoxy) is 1. The maximum Gasteiger partial charge on any atom is 0.308 e. The Balaban J connectivity index is 2.43. The van der Waals surface area contributed by atoms with Gasteiger partial charge in [0.1, 0.15) is 6.04 Å². The van der Waals surface area contributed by atoms with Crippen molar-refractivity contribution < 1.29 is 19.1 Å². The first-order valence-corrected chi connectivity index (χ1v) is 5.30. The Labute approximate surface area is 93.5 Å². The highest BCUT2D eigenvalue weighted by atomic mass is 16.5. The predicted octanol–water partition coefficient (Wildman–Crippen LogP) is -0.680. The van der Waals surface area contributed by atoms with Crippen LogP contribution in [0, 0.1) is 5.92 Å². The number of primary amides is 1. The summed E-state index contributed by atoms with van der Waals surface area (Å²) in [7, 11) is 0. The number of hydrogen-bond acceptors (Lipinski definition) is 4. The molecule has 1 aliphatic carbocycles. The Morgan fingerprint density at radius 1 is 1.44 bits per heavy atom. The lowest BCUT2D eigenvalue weighted by Gasteiger charge is -2.14. The summed E-state index contributed by atoms with van der Waals surface area (Å²) in [5, 5.41) is 2.45. The summed E-state index contributed by atoms with van der Waals surface area (Å²) < 4.78 is 4.68. The zero-order valence-corrected chi connectivity index (χ0v) is 9.19. The highest BCUT2D eigenvalue weighted by Gasteiger charge is 2.32. The molecule has 6 heteroatoms. The summed E-state index contributed by atoms with van der Waals surface area (Å²) >= 11 is 0. The number of nitrogens with one attached hydrogen (secondary N) is 1. The van der Waals surface area contributed by atoms with Crippen molar-refractivity contribution in [1.82, 2.24) is 5.32 Å². The second-order valence-electron chi connectivity index (χ2n) is 3.75. The van der Waals surface area contributed by atoms with Crippen LogP contribution in [0.3, 0.4) is 0 Å². The highest BCUT2D eigenvalue weighted by Crippen LogP contribution is 2.28. The molecule has 1 rings (SSSR count). The fraction of sp³-hybridized carbons (Fsp3) is 0.700. The standard InChI is InChI=1S/C10H16N2O4/c1-2-16-8(13)5-7(9(11)14)12-10(15)6-3-4-6/h6-7H,2-5H2,1H3,(H2,11,14)(H,12,15)/t7-/m0/s1. The molecule has 0 heterocycles. The molecule has 3 N–H and O–H groups in total. The molecule has 1 aliphatic rings. The smallest absolute Gasteiger partial charge is 0.308 e. The van der Waals surface area contributed by atoms with Crippen LogP contribution in [-0.4, -0.2) is 30.4 Å². The summed E-state index contributed by atoms with van der Waals surface area (Å²) in [4.78, 5) is 33.5. The fourth-order valence-corrected chi connectivity index (χ4v) is 1.24. The molecule has 1 fully saturated rings. The van der Waals surface area contributed by atoms with E-state index in [9.17, 15) is 14.4 Å². The van der Waals surface area contributed by atoms with Gasteiger partial charge in [0.05, 0.1) is 13.0 Å². The van der Waals surface area contributed by atoms with Gasteiger partial charge in [0.15, 0.2) is 0 Å². The van der Waals surface area contributed by atoms with Gasteiger partial charge in [-0.2, -0.15) is 0 Å². The van der Waals surface area contributed by atoms with E-state index < -0.39 is 17.9 Å². The second kappa shape index (κ2) is 5.48. The van der Waals surface area contributed by atoms with E-state index in [4.69, 9.17) is 5.73 Å². The third-order valence-electron chi connectivity index (χ3n) is 2.28. The SMILES string of the molecule is CCOC(=O)C[C@H](NC(=O)C1CC1)C(N)=O. The van der Waals surface area contributed by atoms with E-state index in [1.165, 1.54) is 0 Å². The Morgan fingerprint density at radius 3 is 2.50 bits per heavy atom. The minimum absolute atomic E-state index is 0.0240. The quantitative estimate of drug-likeness (QED) is 0.588. The van der Waals surface area contributed by atoms with Gasteiger partial charge in [0.25, 0.3) is 0 Å². The lowest BCUT2D eigenvalue weighted by molar-refractivity contribution is -0.145. The highest BCUT2D eigenvalue weighted by molar-refractivity contribution is 5.91. The molecule has 90 valence electrons. The van der Waals surface area contributed by atoms with Gasteiger partial charge in [-0.05, 0) is 19.8 Å². The van der Waals surface area contributed by atoms with Crippen LogP contribution in [0.5, 0.6) is 0 Å². The van der Waals surface area contributed by atoms with Gasteiger partial charge in [0.2, 0.25) is 11.8 Å². The summed E-state index contributed by atoms with van der Waals surface area (Å²) in [6, 6.07) is -0.966. The van der Waals surface area contributed by atoms with Gasteiger partial charge < -0.3 is 15.8 Å². The number of hydrogen-bond donors (Lipinski definition) is 2. The molecular weight excluding hydrogens is 212 g/mol. The molecule has 0 aromatic carbocycles. The van der Waals surface area contributed by atoms with Gasteiger partial charge >= 0.3 is 5.97 Å². The van der Waals surface area contributed by atoms with Gasteiger partial charge in [-0.3, -0.25) is 14.4 Å². The van der Waals surface area contributed by atoms with Crippen molar-refractivity contribution in [3.05, 3.63) is 0 Å². The Hall–Kier alpha value is -1.59. The Bertz CT molecular complexity index is 299. The van der Waals surface area contributed by atoms with E-state index in [1.54, 1.807) is 6.92 Å². The van der Waals surface area contributed by atoms with Crippen LogP contribution in [0.25, 0.3) is 0 Å². The summed E-state index contributed by atoms with van der Waals surface area (Å²) in [5.41, 5.74) is 5.09. The molecule has 0 saturated heterocycles. The van der Waals surface area contributed by atoms with Crippen LogP contribution in [0.15, 0.2) is 0 Å². The van der Waals surface area contributed by atoms with Crippen molar-refractivity contribution in [3.8, 4) is 0 Å². The second-order valence-corrected chi connectivity index (χ2v) is 3.75. The van der Waals surface area contributed by atoms with E-state index >= 15 is 0 Å². The number of nitrogens with two attached hydrogens (primary N) is 1. The third-order valence-corrected chi connectivity index (χ3v) is 2.28. The van der Waals surface area contributed by atoms with Crippen LogP contribution in [0.1, 0.15) is 26.2 Å². The molecule has 16 heavy (non-hydrogen) atoms. The van der Waals surface area contributed by atoms with Crippen LogP contribution in [0.4, 0.5) is 0 Å². The minimum Gasteiger partial charge on any atom is -0.466 e. The minimum atomic E-state index is -0.966. The van der Waals surface area contributed by atoms with Gasteiger partial charge in [-0.25, -0.2) is 0 Å². The van der Waals surface area contributed by atoms with Gasteiger partial charge in [0, 0.05) is 5.92 Å².